The lowest BCUT2D eigenvalue weighted by atomic mass is 9.62. The molecule has 1 radical (unpaired) electrons. The quantitative estimate of drug-likeness (QED) is 0.365. The van der Waals surface area contributed by atoms with E-state index in [1.54, 1.807) is 0 Å². The minimum atomic E-state index is -1.90. The van der Waals surface area contributed by atoms with Crippen molar-refractivity contribution in [1.29, 1.82) is 0 Å². The maximum atomic E-state index is 13.7. The Bertz CT molecular complexity index is 704. The van der Waals surface area contributed by atoms with Crippen molar-refractivity contribution in [2.24, 2.45) is 0 Å². The van der Waals surface area contributed by atoms with Crippen LogP contribution in [0.4, 0.5) is 26.3 Å². The fourth-order valence-corrected chi connectivity index (χ4v) is 1.73. The minimum absolute atomic E-state index is 0.123. The third-order valence-corrected chi connectivity index (χ3v) is 2.71. The second kappa shape index (κ2) is 5.71. The van der Waals surface area contributed by atoms with Crippen molar-refractivity contribution in [2.75, 3.05) is 7.11 Å². The second-order valence-electron chi connectivity index (χ2n) is 4.03. The van der Waals surface area contributed by atoms with E-state index in [1.165, 1.54) is 0 Å². The van der Waals surface area contributed by atoms with Crippen LogP contribution < -0.4 is 15.7 Å². The predicted octanol–water partition coefficient (Wildman–Crippen LogP) is 2.18. The van der Waals surface area contributed by atoms with Crippen LogP contribution in [0.2, 0.25) is 0 Å². The molecule has 2 aromatic carbocycles. The Hall–Kier alpha value is -2.12. The summed E-state index contributed by atoms with van der Waals surface area (Å²) in [6.45, 7) is 0. The van der Waals surface area contributed by atoms with Crippen molar-refractivity contribution < 1.29 is 31.1 Å². The molecule has 1 nitrogen and oxygen atoms in total. The van der Waals surface area contributed by atoms with Crippen LogP contribution in [-0.4, -0.2) is 14.4 Å². The monoisotopic (exact) mass is 303 g/mol. The van der Waals surface area contributed by atoms with Crippen molar-refractivity contribution in [3.63, 3.8) is 0 Å². The Morgan fingerprint density at radius 2 is 1.38 bits per heavy atom. The molecule has 0 saturated carbocycles. The van der Waals surface area contributed by atoms with Crippen LogP contribution in [0.5, 0.6) is 5.75 Å². The normalized spacial score (nSPS) is 10.6. The molecule has 0 bridgehead atoms. The van der Waals surface area contributed by atoms with Crippen LogP contribution in [0.25, 0.3) is 0 Å². The van der Waals surface area contributed by atoms with Gasteiger partial charge < -0.3 is 4.74 Å². The van der Waals surface area contributed by atoms with E-state index in [1.807, 2.05) is 0 Å². The Labute approximate surface area is 116 Å². The van der Waals surface area contributed by atoms with E-state index in [2.05, 4.69) is 4.74 Å². The van der Waals surface area contributed by atoms with Gasteiger partial charge in [-0.2, -0.15) is 0 Å². The van der Waals surface area contributed by atoms with E-state index in [9.17, 15) is 26.3 Å². The molecule has 0 aliphatic carbocycles. The zero-order valence-electron chi connectivity index (χ0n) is 10.5. The van der Waals surface area contributed by atoms with Gasteiger partial charge in [0.1, 0.15) is 23.2 Å². The Morgan fingerprint density at radius 3 is 2.00 bits per heavy atom. The third kappa shape index (κ3) is 2.84. The van der Waals surface area contributed by atoms with Gasteiger partial charge in [0.15, 0.2) is 17.5 Å². The van der Waals surface area contributed by atoms with Gasteiger partial charge in [-0.05, 0) is 10.9 Å². The maximum Gasteiger partial charge on any atom is 0.208 e. The summed E-state index contributed by atoms with van der Waals surface area (Å²) in [5, 5.41) is 0. The molecule has 109 valence electrons. The second-order valence-corrected chi connectivity index (χ2v) is 4.03. The summed E-state index contributed by atoms with van der Waals surface area (Å²) >= 11 is 0. The van der Waals surface area contributed by atoms with E-state index in [-0.39, 0.29) is 11.8 Å². The molecule has 0 aromatic heterocycles. The van der Waals surface area contributed by atoms with Crippen molar-refractivity contribution in [3.8, 4) is 5.75 Å². The predicted molar refractivity (Wildman–Crippen MR) is 64.2 cm³/mol. The van der Waals surface area contributed by atoms with Gasteiger partial charge in [-0.1, -0.05) is 0 Å². The molecule has 0 aliphatic heterocycles. The fraction of sp³-hybridized carbons (Fsp3) is 0.0769. The Kier molecular flexibility index (Phi) is 4.15. The van der Waals surface area contributed by atoms with Crippen molar-refractivity contribution in [3.05, 3.63) is 53.1 Å². The largest absolute Gasteiger partial charge is 0.497 e. The first-order valence-corrected chi connectivity index (χ1v) is 5.56. The van der Waals surface area contributed by atoms with Crippen LogP contribution in [0.15, 0.2) is 18.2 Å². The molecule has 0 atom stereocenters. The summed E-state index contributed by atoms with van der Waals surface area (Å²) < 4.78 is 84.3. The van der Waals surface area contributed by atoms with Crippen LogP contribution in [0.3, 0.4) is 0 Å². The molecule has 0 unspecified atom stereocenters. The standard InChI is InChI=1S/C13H6BF6O/c1-21-9-3-5(15)2-6(16)10(9)14-11-7(17)4-8(18)12(19)13(11)20/h2-4H,1H3. The van der Waals surface area contributed by atoms with Gasteiger partial charge in [-0.3, -0.25) is 0 Å². The van der Waals surface area contributed by atoms with Crippen LogP contribution in [0, 0.1) is 34.9 Å². The lowest BCUT2D eigenvalue weighted by Crippen LogP contribution is -2.36. The van der Waals surface area contributed by atoms with E-state index in [0.29, 0.717) is 13.3 Å². The third-order valence-electron chi connectivity index (χ3n) is 2.71. The number of hydrogen-bond acceptors (Lipinski definition) is 1. The van der Waals surface area contributed by atoms with E-state index < -0.39 is 45.8 Å². The fourth-order valence-electron chi connectivity index (χ4n) is 1.73. The highest BCUT2D eigenvalue weighted by Crippen LogP contribution is 2.14. The van der Waals surface area contributed by atoms with Gasteiger partial charge in [-0.25, -0.2) is 26.3 Å². The number of ether oxygens (including phenoxy) is 1. The first-order chi connectivity index (χ1) is 9.85. The SMILES string of the molecule is COc1cc(F)cc(F)c1[B]c1c(F)cc(F)c(F)c1F. The highest BCUT2D eigenvalue weighted by atomic mass is 19.2. The smallest absolute Gasteiger partial charge is 0.208 e. The van der Waals surface area contributed by atoms with Gasteiger partial charge in [-0.15, -0.1) is 0 Å². The molecule has 0 saturated heterocycles. The number of rotatable bonds is 3. The summed E-state index contributed by atoms with van der Waals surface area (Å²) in [7, 11) is 1.66. The van der Waals surface area contributed by atoms with Crippen molar-refractivity contribution in [2.45, 2.75) is 0 Å². The van der Waals surface area contributed by atoms with Crippen LogP contribution >= 0.6 is 0 Å². The van der Waals surface area contributed by atoms with Gasteiger partial charge >= 0.3 is 0 Å². The number of halogens is 6. The summed E-state index contributed by atoms with van der Waals surface area (Å²) in [5.41, 5.74) is -1.50. The molecular weight excluding hydrogens is 297 g/mol. The molecule has 2 rings (SSSR count). The van der Waals surface area contributed by atoms with E-state index in [0.717, 1.165) is 13.2 Å². The van der Waals surface area contributed by atoms with Gasteiger partial charge in [0.2, 0.25) is 7.28 Å². The average Bonchev–Trinajstić information content (AvgIpc) is 2.42. The summed E-state index contributed by atoms with van der Waals surface area (Å²) in [6, 6.07) is 1.37. The molecule has 21 heavy (non-hydrogen) atoms. The molecule has 0 heterocycles. The Morgan fingerprint density at radius 1 is 0.762 bits per heavy atom. The van der Waals surface area contributed by atoms with Gasteiger partial charge in [0.05, 0.1) is 7.11 Å². The highest BCUT2D eigenvalue weighted by molar-refractivity contribution is 6.68. The topological polar surface area (TPSA) is 9.23 Å². The molecule has 2 aromatic rings. The lowest BCUT2D eigenvalue weighted by Gasteiger charge is -2.11. The number of benzene rings is 2. The molecule has 0 aliphatic rings. The average molecular weight is 303 g/mol. The molecule has 0 N–H and O–H groups in total. The minimum Gasteiger partial charge on any atom is -0.497 e. The molecule has 0 spiro atoms. The summed E-state index contributed by atoms with van der Waals surface area (Å²) in [6.07, 6.45) is 0. The number of hydrogen-bond donors (Lipinski definition) is 0. The zero-order chi connectivity index (χ0) is 15.7. The van der Waals surface area contributed by atoms with Gasteiger partial charge in [0.25, 0.3) is 0 Å². The van der Waals surface area contributed by atoms with E-state index >= 15 is 0 Å². The summed E-state index contributed by atoms with van der Waals surface area (Å²) in [5.74, 6) is -9.35. The maximum absolute atomic E-state index is 13.7. The zero-order valence-corrected chi connectivity index (χ0v) is 10.5. The summed E-state index contributed by atoms with van der Waals surface area (Å²) in [4.78, 5) is 0. The van der Waals surface area contributed by atoms with E-state index in [4.69, 9.17) is 0 Å². The first-order valence-electron chi connectivity index (χ1n) is 5.56. The molecule has 0 amide bonds. The molecular formula is C13H6BF6O. The van der Waals surface area contributed by atoms with Crippen LogP contribution in [0.1, 0.15) is 0 Å². The van der Waals surface area contributed by atoms with Crippen LogP contribution in [-0.2, 0) is 0 Å². The van der Waals surface area contributed by atoms with Crippen molar-refractivity contribution in [1.82, 2.24) is 0 Å². The Balaban J connectivity index is 2.56. The number of methoxy groups -OCH3 is 1. The first kappa shape index (κ1) is 15.3. The highest BCUT2D eigenvalue weighted by Gasteiger charge is 2.23. The lowest BCUT2D eigenvalue weighted by molar-refractivity contribution is 0.411. The van der Waals surface area contributed by atoms with Crippen molar-refractivity contribution >= 4 is 18.2 Å². The van der Waals surface area contributed by atoms with Gasteiger partial charge in [0, 0.05) is 18.2 Å². The molecule has 8 heteroatoms. The molecule has 0 fully saturated rings.